The second-order valence-electron chi connectivity index (χ2n) is 4.62. The number of nitrogens with two attached hydrogens (primary N) is 1. The zero-order chi connectivity index (χ0) is 16.0. The predicted octanol–water partition coefficient (Wildman–Crippen LogP) is 0.689. The highest BCUT2D eigenvalue weighted by atomic mass is 32.2. The lowest BCUT2D eigenvalue weighted by Crippen LogP contribution is -2.39. The Kier molecular flexibility index (Phi) is 5.71. The first kappa shape index (κ1) is 17.0. The van der Waals surface area contributed by atoms with Gasteiger partial charge in [0.15, 0.2) is 15.7 Å². The van der Waals surface area contributed by atoms with Crippen LogP contribution in [0.1, 0.15) is 23.7 Å². The molecule has 0 saturated carbocycles. The maximum Gasteiger partial charge on any atom is 0.254 e. The number of oxime groups is 1. The van der Waals surface area contributed by atoms with Crippen LogP contribution >= 0.6 is 0 Å². The molecule has 0 atom stereocenters. The third-order valence-electron chi connectivity index (χ3n) is 2.77. The van der Waals surface area contributed by atoms with Gasteiger partial charge in [-0.3, -0.25) is 4.79 Å². The molecular formula is C13H19N3O4S. The number of hydrogen-bond donors (Lipinski definition) is 2. The minimum Gasteiger partial charge on any atom is -0.409 e. The average molecular weight is 313 g/mol. The molecule has 21 heavy (non-hydrogen) atoms. The van der Waals surface area contributed by atoms with E-state index in [1.807, 2.05) is 6.92 Å². The maximum absolute atomic E-state index is 12.4. The van der Waals surface area contributed by atoms with E-state index in [4.69, 9.17) is 10.9 Å². The van der Waals surface area contributed by atoms with E-state index in [2.05, 4.69) is 5.16 Å². The Labute approximate surface area is 124 Å². The van der Waals surface area contributed by atoms with Crippen LogP contribution in [0.5, 0.6) is 0 Å². The first-order valence-electron chi connectivity index (χ1n) is 6.35. The maximum atomic E-state index is 12.4. The van der Waals surface area contributed by atoms with Crippen LogP contribution in [0.25, 0.3) is 0 Å². The van der Waals surface area contributed by atoms with Gasteiger partial charge in [0.2, 0.25) is 0 Å². The molecule has 0 aliphatic carbocycles. The van der Waals surface area contributed by atoms with Crippen molar-refractivity contribution >= 4 is 21.6 Å². The molecule has 0 aliphatic rings. The van der Waals surface area contributed by atoms with Crippen molar-refractivity contribution in [3.63, 3.8) is 0 Å². The largest absolute Gasteiger partial charge is 0.409 e. The van der Waals surface area contributed by atoms with Crippen LogP contribution < -0.4 is 5.73 Å². The predicted molar refractivity (Wildman–Crippen MR) is 79.2 cm³/mol. The van der Waals surface area contributed by atoms with Gasteiger partial charge in [0.1, 0.15) is 0 Å². The fourth-order valence-electron chi connectivity index (χ4n) is 1.79. The van der Waals surface area contributed by atoms with Crippen molar-refractivity contribution in [1.82, 2.24) is 4.90 Å². The summed E-state index contributed by atoms with van der Waals surface area (Å²) in [6.07, 6.45) is 1.77. The van der Waals surface area contributed by atoms with Crippen LogP contribution in [-0.4, -0.2) is 49.6 Å². The highest BCUT2D eigenvalue weighted by molar-refractivity contribution is 7.90. The lowest BCUT2D eigenvalue weighted by molar-refractivity contribution is 0.0778. The topological polar surface area (TPSA) is 113 Å². The zero-order valence-electron chi connectivity index (χ0n) is 12.0. The molecule has 0 fully saturated rings. The van der Waals surface area contributed by atoms with Gasteiger partial charge in [-0.15, -0.1) is 0 Å². The van der Waals surface area contributed by atoms with Gasteiger partial charge in [-0.05, 0) is 24.6 Å². The number of amidine groups is 1. The van der Waals surface area contributed by atoms with Crippen molar-refractivity contribution < 1.29 is 18.4 Å². The fourth-order valence-corrected chi connectivity index (χ4v) is 2.46. The van der Waals surface area contributed by atoms with Crippen molar-refractivity contribution in [2.75, 3.05) is 19.3 Å². The van der Waals surface area contributed by atoms with E-state index in [0.29, 0.717) is 13.0 Å². The van der Waals surface area contributed by atoms with Gasteiger partial charge in [-0.1, -0.05) is 18.1 Å². The molecule has 8 heteroatoms. The van der Waals surface area contributed by atoms with E-state index >= 15 is 0 Å². The van der Waals surface area contributed by atoms with Crippen LogP contribution in [0.4, 0.5) is 0 Å². The monoisotopic (exact) mass is 313 g/mol. The lowest BCUT2D eigenvalue weighted by atomic mass is 10.2. The van der Waals surface area contributed by atoms with Crippen molar-refractivity contribution in [3.8, 4) is 0 Å². The minimum absolute atomic E-state index is 0.0216. The van der Waals surface area contributed by atoms with Crippen LogP contribution in [0.2, 0.25) is 0 Å². The van der Waals surface area contributed by atoms with Gasteiger partial charge in [-0.25, -0.2) is 8.42 Å². The first-order chi connectivity index (χ1) is 9.79. The summed E-state index contributed by atoms with van der Waals surface area (Å²) >= 11 is 0. The van der Waals surface area contributed by atoms with Gasteiger partial charge in [0, 0.05) is 18.4 Å². The second kappa shape index (κ2) is 7.07. The minimum atomic E-state index is -3.38. The highest BCUT2D eigenvalue weighted by Gasteiger charge is 2.18. The standard InChI is InChI=1S/C13H19N3O4S/c1-3-7-16(9-12(14)15-18)13(17)10-5-4-6-11(8-10)21(2,19)20/h4-6,8,18H,3,7,9H2,1-2H3,(H2,14,15). The number of benzene rings is 1. The van der Waals surface area contributed by atoms with E-state index in [9.17, 15) is 13.2 Å². The second-order valence-corrected chi connectivity index (χ2v) is 6.63. The number of rotatable bonds is 6. The number of carbonyl (C=O) groups excluding carboxylic acids is 1. The quantitative estimate of drug-likeness (QED) is 0.347. The molecule has 0 unspecified atom stereocenters. The summed E-state index contributed by atoms with van der Waals surface area (Å²) in [7, 11) is -3.38. The normalized spacial score (nSPS) is 12.2. The molecule has 0 aromatic heterocycles. The smallest absolute Gasteiger partial charge is 0.254 e. The summed E-state index contributed by atoms with van der Waals surface area (Å²) in [5.74, 6) is -0.454. The Morgan fingerprint density at radius 3 is 2.62 bits per heavy atom. The SMILES string of the molecule is CCCN(CC(N)=NO)C(=O)c1cccc(S(C)(=O)=O)c1. The third kappa shape index (κ3) is 4.75. The number of hydrogen-bond acceptors (Lipinski definition) is 5. The third-order valence-corrected chi connectivity index (χ3v) is 3.88. The van der Waals surface area contributed by atoms with E-state index in [1.54, 1.807) is 0 Å². The van der Waals surface area contributed by atoms with Crippen LogP contribution in [0.3, 0.4) is 0 Å². The number of sulfone groups is 1. The molecule has 0 aliphatic heterocycles. The summed E-state index contributed by atoms with van der Waals surface area (Å²) in [4.78, 5) is 13.9. The summed E-state index contributed by atoms with van der Waals surface area (Å²) in [6.45, 7) is 2.28. The van der Waals surface area contributed by atoms with Gasteiger partial charge >= 0.3 is 0 Å². The van der Waals surface area contributed by atoms with Crippen molar-refractivity contribution in [2.24, 2.45) is 10.9 Å². The van der Waals surface area contributed by atoms with Crippen molar-refractivity contribution in [2.45, 2.75) is 18.2 Å². The molecule has 1 rings (SSSR count). The Morgan fingerprint density at radius 1 is 1.43 bits per heavy atom. The molecule has 1 amide bonds. The van der Waals surface area contributed by atoms with Gasteiger partial charge in [0.25, 0.3) is 5.91 Å². The number of nitrogens with zero attached hydrogens (tertiary/aromatic N) is 2. The van der Waals surface area contributed by atoms with Crippen LogP contribution in [0, 0.1) is 0 Å². The van der Waals surface area contributed by atoms with Crippen LogP contribution in [0.15, 0.2) is 34.3 Å². The van der Waals surface area contributed by atoms with E-state index < -0.39 is 9.84 Å². The van der Waals surface area contributed by atoms with Gasteiger partial charge in [-0.2, -0.15) is 0 Å². The van der Waals surface area contributed by atoms with E-state index in [0.717, 1.165) is 6.26 Å². The Morgan fingerprint density at radius 2 is 2.10 bits per heavy atom. The molecule has 0 bridgehead atoms. The molecule has 116 valence electrons. The molecule has 0 radical (unpaired) electrons. The molecular weight excluding hydrogens is 294 g/mol. The molecule has 0 spiro atoms. The molecule has 3 N–H and O–H groups in total. The summed E-state index contributed by atoms with van der Waals surface area (Å²) in [6, 6.07) is 5.80. The molecule has 7 nitrogen and oxygen atoms in total. The first-order valence-corrected chi connectivity index (χ1v) is 8.24. The molecule has 1 aromatic carbocycles. The average Bonchev–Trinajstić information content (AvgIpc) is 2.45. The van der Waals surface area contributed by atoms with Gasteiger partial charge < -0.3 is 15.8 Å². The number of amides is 1. The fraction of sp³-hybridized carbons (Fsp3) is 0.385. The summed E-state index contributed by atoms with van der Waals surface area (Å²) in [5.41, 5.74) is 5.68. The Bertz CT molecular complexity index is 641. The number of carbonyl (C=O) groups is 1. The van der Waals surface area contributed by atoms with Crippen molar-refractivity contribution in [1.29, 1.82) is 0 Å². The van der Waals surface area contributed by atoms with Gasteiger partial charge in [0.05, 0.1) is 11.4 Å². The Balaban J connectivity index is 3.09. The van der Waals surface area contributed by atoms with E-state index in [-0.39, 0.29) is 28.7 Å². The van der Waals surface area contributed by atoms with Crippen LogP contribution in [-0.2, 0) is 9.84 Å². The van der Waals surface area contributed by atoms with Crippen molar-refractivity contribution in [3.05, 3.63) is 29.8 Å². The summed E-state index contributed by atoms with van der Waals surface area (Å²) in [5, 5.41) is 11.4. The molecule has 1 aromatic rings. The summed E-state index contributed by atoms with van der Waals surface area (Å²) < 4.78 is 23.1. The van der Waals surface area contributed by atoms with E-state index in [1.165, 1.54) is 29.2 Å². The Hall–Kier alpha value is -2.09. The molecule has 0 saturated heterocycles. The molecule has 0 heterocycles. The highest BCUT2D eigenvalue weighted by Crippen LogP contribution is 2.13. The zero-order valence-corrected chi connectivity index (χ0v) is 12.8. The lowest BCUT2D eigenvalue weighted by Gasteiger charge is -2.21.